The van der Waals surface area contributed by atoms with E-state index in [4.69, 9.17) is 4.74 Å². The van der Waals surface area contributed by atoms with E-state index in [0.29, 0.717) is 12.6 Å². The number of nitrogens with one attached hydrogen (secondary N) is 2. The highest BCUT2D eigenvalue weighted by Gasteiger charge is 2.22. The van der Waals surface area contributed by atoms with E-state index in [1.54, 1.807) is 7.11 Å². The van der Waals surface area contributed by atoms with Crippen molar-refractivity contribution in [2.75, 3.05) is 39.8 Å². The third-order valence-corrected chi connectivity index (χ3v) is 5.66. The minimum atomic E-state index is 0.182. The van der Waals surface area contributed by atoms with Crippen molar-refractivity contribution in [3.8, 4) is 5.75 Å². The fraction of sp³-hybridized carbons (Fsp3) is 0.600. The molecular formula is C20H29N5O2. The number of methoxy groups -OCH3 is 1. The number of nitrogens with zero attached hydrogens (tertiary/aromatic N) is 3. The second kappa shape index (κ2) is 8.27. The fourth-order valence-corrected chi connectivity index (χ4v) is 4.11. The van der Waals surface area contributed by atoms with E-state index in [9.17, 15) is 4.79 Å². The maximum absolute atomic E-state index is 12.2. The number of benzene rings is 1. The summed E-state index contributed by atoms with van der Waals surface area (Å²) < 4.78 is 5.27. The van der Waals surface area contributed by atoms with Crippen LogP contribution in [0.15, 0.2) is 18.2 Å². The topological polar surface area (TPSA) is 73.5 Å². The van der Waals surface area contributed by atoms with Crippen molar-refractivity contribution in [2.24, 2.45) is 0 Å². The first-order valence-corrected chi connectivity index (χ1v) is 9.96. The smallest absolute Gasteiger partial charge is 0.234 e. The van der Waals surface area contributed by atoms with Crippen molar-refractivity contribution in [1.82, 2.24) is 25.1 Å². The number of hydrogen-bond acceptors (Lipinski definition) is 5. The molecule has 1 aromatic carbocycles. The Hall–Kier alpha value is -2.12. The molecule has 0 bridgehead atoms. The van der Waals surface area contributed by atoms with Gasteiger partial charge in [-0.05, 0) is 25.0 Å². The summed E-state index contributed by atoms with van der Waals surface area (Å²) in [6.07, 6.45) is 4.78. The van der Waals surface area contributed by atoms with Crippen molar-refractivity contribution in [3.63, 3.8) is 0 Å². The number of fused-ring (bicyclic) bond motifs is 1. The number of rotatable bonds is 6. The summed E-state index contributed by atoms with van der Waals surface area (Å²) in [7, 11) is 1.67. The van der Waals surface area contributed by atoms with Gasteiger partial charge in [-0.25, -0.2) is 4.98 Å². The maximum Gasteiger partial charge on any atom is 0.234 e. The van der Waals surface area contributed by atoms with Crippen LogP contribution < -0.4 is 10.1 Å². The number of hydrogen-bond donors (Lipinski definition) is 2. The molecule has 4 rings (SSSR count). The highest BCUT2D eigenvalue weighted by molar-refractivity contribution is 5.78. The first-order valence-electron chi connectivity index (χ1n) is 9.96. The summed E-state index contributed by atoms with van der Waals surface area (Å²) in [4.78, 5) is 24.9. The number of amides is 1. The molecule has 2 fully saturated rings. The number of aromatic amines is 1. The van der Waals surface area contributed by atoms with Gasteiger partial charge in [-0.15, -0.1) is 0 Å². The molecule has 2 heterocycles. The monoisotopic (exact) mass is 371 g/mol. The van der Waals surface area contributed by atoms with Gasteiger partial charge in [0.05, 0.1) is 31.2 Å². The SMILES string of the molecule is COc1ccc2nc(CN3CCN(CC(=O)NC4CCCC4)CC3)[nH]c2c1. The van der Waals surface area contributed by atoms with Gasteiger partial charge in [0.25, 0.3) is 0 Å². The zero-order valence-corrected chi connectivity index (χ0v) is 16.0. The molecule has 27 heavy (non-hydrogen) atoms. The van der Waals surface area contributed by atoms with Crippen molar-refractivity contribution in [1.29, 1.82) is 0 Å². The van der Waals surface area contributed by atoms with Gasteiger partial charge in [-0.3, -0.25) is 14.6 Å². The maximum atomic E-state index is 12.2. The normalized spacial score (nSPS) is 19.6. The number of carbonyl (C=O) groups is 1. The molecular weight excluding hydrogens is 342 g/mol. The van der Waals surface area contributed by atoms with Gasteiger partial charge in [0.1, 0.15) is 11.6 Å². The van der Waals surface area contributed by atoms with E-state index in [1.165, 1.54) is 12.8 Å². The quantitative estimate of drug-likeness (QED) is 0.809. The predicted molar refractivity (Wildman–Crippen MR) is 105 cm³/mol. The van der Waals surface area contributed by atoms with Crippen LogP contribution in [-0.4, -0.2) is 71.6 Å². The summed E-state index contributed by atoms with van der Waals surface area (Å²) in [5, 5.41) is 3.18. The van der Waals surface area contributed by atoms with Crippen LogP contribution in [0, 0.1) is 0 Å². The van der Waals surface area contributed by atoms with Crippen LogP contribution in [-0.2, 0) is 11.3 Å². The number of piperazine rings is 1. The minimum Gasteiger partial charge on any atom is -0.497 e. The second-order valence-corrected chi connectivity index (χ2v) is 7.67. The molecule has 2 aromatic rings. The fourth-order valence-electron chi connectivity index (χ4n) is 4.11. The first kappa shape index (κ1) is 18.3. The van der Waals surface area contributed by atoms with Crippen LogP contribution >= 0.6 is 0 Å². The molecule has 0 unspecified atom stereocenters. The van der Waals surface area contributed by atoms with Crippen LogP contribution in [0.1, 0.15) is 31.5 Å². The summed E-state index contributed by atoms with van der Waals surface area (Å²) in [6, 6.07) is 6.30. The van der Waals surface area contributed by atoms with Gasteiger partial charge in [-0.1, -0.05) is 12.8 Å². The lowest BCUT2D eigenvalue weighted by Gasteiger charge is -2.34. The molecule has 1 aliphatic heterocycles. The van der Waals surface area contributed by atoms with E-state index in [0.717, 1.165) is 68.2 Å². The average Bonchev–Trinajstić information content (AvgIpc) is 3.31. The summed E-state index contributed by atoms with van der Waals surface area (Å²) >= 11 is 0. The van der Waals surface area contributed by atoms with E-state index >= 15 is 0 Å². The number of imidazole rings is 1. The van der Waals surface area contributed by atoms with Crippen LogP contribution in [0.2, 0.25) is 0 Å². The van der Waals surface area contributed by atoms with E-state index < -0.39 is 0 Å². The van der Waals surface area contributed by atoms with E-state index in [-0.39, 0.29) is 5.91 Å². The highest BCUT2D eigenvalue weighted by atomic mass is 16.5. The van der Waals surface area contributed by atoms with Crippen LogP contribution in [0.5, 0.6) is 5.75 Å². The van der Waals surface area contributed by atoms with Crippen LogP contribution in [0.3, 0.4) is 0 Å². The van der Waals surface area contributed by atoms with E-state index in [2.05, 4.69) is 25.1 Å². The Balaban J connectivity index is 1.25. The van der Waals surface area contributed by atoms with Gasteiger partial charge < -0.3 is 15.0 Å². The minimum absolute atomic E-state index is 0.182. The molecule has 1 saturated heterocycles. The molecule has 0 spiro atoms. The highest BCUT2D eigenvalue weighted by Crippen LogP contribution is 2.20. The molecule has 7 nitrogen and oxygen atoms in total. The molecule has 2 aliphatic rings. The summed E-state index contributed by atoms with van der Waals surface area (Å²) in [5.41, 5.74) is 1.97. The zero-order valence-electron chi connectivity index (χ0n) is 16.0. The van der Waals surface area contributed by atoms with Gasteiger partial charge in [0.15, 0.2) is 0 Å². The van der Waals surface area contributed by atoms with Gasteiger partial charge in [0.2, 0.25) is 5.91 Å². The van der Waals surface area contributed by atoms with Crippen LogP contribution in [0.4, 0.5) is 0 Å². The van der Waals surface area contributed by atoms with Crippen molar-refractivity contribution in [3.05, 3.63) is 24.0 Å². The van der Waals surface area contributed by atoms with Crippen molar-refractivity contribution in [2.45, 2.75) is 38.3 Å². The Kier molecular flexibility index (Phi) is 5.59. The molecule has 1 aromatic heterocycles. The van der Waals surface area contributed by atoms with Gasteiger partial charge in [-0.2, -0.15) is 0 Å². The molecule has 1 amide bonds. The van der Waals surface area contributed by atoms with Gasteiger partial charge >= 0.3 is 0 Å². The standard InChI is InChI=1S/C20H29N5O2/c1-27-16-6-7-17-18(12-16)23-19(22-17)13-24-8-10-25(11-9-24)14-20(26)21-15-4-2-3-5-15/h6-7,12,15H,2-5,8-11,13-14H2,1H3,(H,21,26)(H,22,23). The lowest BCUT2D eigenvalue weighted by atomic mass is 10.2. The molecule has 1 aliphatic carbocycles. The summed E-state index contributed by atoms with van der Waals surface area (Å²) in [5.74, 6) is 1.99. The van der Waals surface area contributed by atoms with E-state index in [1.807, 2.05) is 18.2 Å². The Morgan fingerprint density at radius 1 is 1.22 bits per heavy atom. The van der Waals surface area contributed by atoms with Crippen molar-refractivity contribution >= 4 is 16.9 Å². The van der Waals surface area contributed by atoms with Gasteiger partial charge in [0, 0.05) is 38.3 Å². The molecule has 0 atom stereocenters. The number of H-pyrrole nitrogens is 1. The Morgan fingerprint density at radius 3 is 2.70 bits per heavy atom. The molecule has 1 saturated carbocycles. The van der Waals surface area contributed by atoms with Crippen molar-refractivity contribution < 1.29 is 9.53 Å². The second-order valence-electron chi connectivity index (χ2n) is 7.67. The third-order valence-electron chi connectivity index (χ3n) is 5.66. The molecule has 0 radical (unpaired) electrons. The Bertz CT molecular complexity index is 776. The number of aromatic nitrogens is 2. The predicted octanol–water partition coefficient (Wildman–Crippen LogP) is 1.75. The number of carbonyl (C=O) groups excluding carboxylic acids is 1. The third kappa shape index (κ3) is 4.59. The lowest BCUT2D eigenvalue weighted by Crippen LogP contribution is -2.50. The zero-order chi connectivity index (χ0) is 18.6. The number of ether oxygens (including phenoxy) is 1. The Labute approximate surface area is 160 Å². The lowest BCUT2D eigenvalue weighted by molar-refractivity contribution is -0.123. The Morgan fingerprint density at radius 2 is 1.96 bits per heavy atom. The van der Waals surface area contributed by atoms with Crippen LogP contribution in [0.25, 0.3) is 11.0 Å². The average molecular weight is 371 g/mol. The molecule has 2 N–H and O–H groups in total. The molecule has 146 valence electrons. The first-order chi connectivity index (χ1) is 13.2. The molecule has 7 heteroatoms. The summed E-state index contributed by atoms with van der Waals surface area (Å²) in [6.45, 7) is 5.08. The largest absolute Gasteiger partial charge is 0.497 e.